The summed E-state index contributed by atoms with van der Waals surface area (Å²) in [5.41, 5.74) is 3.20. The first-order valence-electron chi connectivity index (χ1n) is 6.88. The van der Waals surface area contributed by atoms with Crippen molar-refractivity contribution >= 4 is 28.1 Å². The van der Waals surface area contributed by atoms with Crippen LogP contribution in [0.5, 0.6) is 0 Å². The summed E-state index contributed by atoms with van der Waals surface area (Å²) in [6.07, 6.45) is 6.82. The van der Waals surface area contributed by atoms with E-state index in [1.165, 1.54) is 36.9 Å². The quantitative estimate of drug-likeness (QED) is 0.781. The molecule has 1 N–H and O–H groups in total. The zero-order valence-electron chi connectivity index (χ0n) is 11.3. The first-order valence-corrected chi connectivity index (χ1v) is 8.08. The summed E-state index contributed by atoms with van der Waals surface area (Å²) in [7, 11) is 0. The Morgan fingerprint density at radius 2 is 2.10 bits per heavy atom. The minimum absolute atomic E-state index is 0.553. The van der Waals surface area contributed by atoms with E-state index >= 15 is 0 Å². The molecule has 0 saturated heterocycles. The molecule has 0 bridgehead atoms. The number of aromatic amines is 1. The lowest BCUT2D eigenvalue weighted by atomic mass is 10.0. The zero-order valence-corrected chi connectivity index (χ0v) is 13.7. The van der Waals surface area contributed by atoms with E-state index < -0.39 is 0 Å². The number of H-pyrrole nitrogens is 1. The number of aryl methyl sites for hydroxylation is 1. The van der Waals surface area contributed by atoms with Crippen LogP contribution < -0.4 is 0 Å². The van der Waals surface area contributed by atoms with Gasteiger partial charge in [-0.1, -0.05) is 25.1 Å². The fourth-order valence-electron chi connectivity index (χ4n) is 2.76. The molecule has 104 valence electrons. The Bertz CT molecular complexity index is 690. The molecule has 3 nitrogen and oxygen atoms in total. The summed E-state index contributed by atoms with van der Waals surface area (Å²) in [4.78, 5) is 12.3. The second-order valence-corrected chi connectivity index (χ2v) is 6.50. The lowest BCUT2D eigenvalue weighted by Crippen LogP contribution is -2.03. The van der Waals surface area contributed by atoms with Gasteiger partial charge in [-0.25, -0.2) is 4.98 Å². The highest BCUT2D eigenvalue weighted by Crippen LogP contribution is 2.37. The Balaban J connectivity index is 2.11. The van der Waals surface area contributed by atoms with E-state index in [2.05, 4.69) is 37.8 Å². The Morgan fingerprint density at radius 1 is 1.35 bits per heavy atom. The van der Waals surface area contributed by atoms with Crippen molar-refractivity contribution in [2.24, 2.45) is 0 Å². The number of nitrogens with one attached hydrogen (secondary N) is 1. The molecular formula is C15H16BrN3S. The molecular weight excluding hydrogens is 334 g/mol. The van der Waals surface area contributed by atoms with Gasteiger partial charge in [0.2, 0.25) is 0 Å². The molecule has 5 heteroatoms. The van der Waals surface area contributed by atoms with Crippen molar-refractivity contribution in [1.82, 2.24) is 15.0 Å². The van der Waals surface area contributed by atoms with Crippen molar-refractivity contribution in [1.29, 1.82) is 0 Å². The van der Waals surface area contributed by atoms with Gasteiger partial charge >= 0.3 is 0 Å². The lowest BCUT2D eigenvalue weighted by molar-refractivity contribution is 0.689. The maximum Gasteiger partial charge on any atom is 0.157 e. The number of pyridine rings is 1. The smallest absolute Gasteiger partial charge is 0.157 e. The van der Waals surface area contributed by atoms with Crippen LogP contribution in [0.4, 0.5) is 0 Å². The normalized spacial score (nSPS) is 15.7. The van der Waals surface area contributed by atoms with Crippen LogP contribution in [-0.4, -0.2) is 15.0 Å². The Kier molecular flexibility index (Phi) is 3.98. The molecule has 0 radical (unpaired) electrons. The average Bonchev–Trinajstić information content (AvgIpc) is 2.95. The van der Waals surface area contributed by atoms with Crippen molar-refractivity contribution in [2.75, 3.05) is 0 Å². The van der Waals surface area contributed by atoms with E-state index in [1.807, 2.05) is 12.1 Å². The average molecular weight is 350 g/mol. The van der Waals surface area contributed by atoms with Crippen LogP contribution in [0.15, 0.2) is 22.8 Å². The van der Waals surface area contributed by atoms with E-state index in [9.17, 15) is 0 Å². The van der Waals surface area contributed by atoms with Gasteiger partial charge in [0.15, 0.2) is 5.82 Å². The summed E-state index contributed by atoms with van der Waals surface area (Å²) in [6, 6.07) is 4.01. The highest BCUT2D eigenvalue weighted by molar-refractivity contribution is 9.10. The lowest BCUT2D eigenvalue weighted by Gasteiger charge is -2.14. The van der Waals surface area contributed by atoms with Crippen molar-refractivity contribution in [3.63, 3.8) is 0 Å². The molecule has 3 rings (SSSR count). The van der Waals surface area contributed by atoms with Crippen molar-refractivity contribution in [3.8, 4) is 11.5 Å². The number of aromatic nitrogens is 3. The van der Waals surface area contributed by atoms with Crippen LogP contribution in [0.2, 0.25) is 0 Å². The Labute approximate surface area is 132 Å². The van der Waals surface area contributed by atoms with Crippen LogP contribution in [0.1, 0.15) is 42.9 Å². The second-order valence-electron chi connectivity index (χ2n) is 5.32. The van der Waals surface area contributed by atoms with Gasteiger partial charge in [0.05, 0.1) is 4.47 Å². The summed E-state index contributed by atoms with van der Waals surface area (Å²) in [5, 5.41) is 0. The minimum Gasteiger partial charge on any atom is -0.341 e. The third-order valence-electron chi connectivity index (χ3n) is 3.81. The number of nitrogens with zero attached hydrogens (tertiary/aromatic N) is 2. The molecule has 2 aromatic heterocycles. The highest BCUT2D eigenvalue weighted by Gasteiger charge is 2.22. The maximum atomic E-state index is 5.39. The van der Waals surface area contributed by atoms with Gasteiger partial charge in [0.25, 0.3) is 0 Å². The van der Waals surface area contributed by atoms with Gasteiger partial charge in [-0.2, -0.15) is 0 Å². The predicted octanol–water partition coefficient (Wildman–Crippen LogP) is 4.93. The van der Waals surface area contributed by atoms with Gasteiger partial charge in [-0.3, -0.25) is 4.98 Å². The minimum atomic E-state index is 0.553. The zero-order chi connectivity index (χ0) is 14.1. The molecule has 2 heterocycles. The molecule has 0 spiro atoms. The molecule has 0 aliphatic heterocycles. The summed E-state index contributed by atoms with van der Waals surface area (Å²) in [5.74, 6) is 1.32. The summed E-state index contributed by atoms with van der Waals surface area (Å²) < 4.78 is 1.56. The van der Waals surface area contributed by atoms with E-state index in [1.54, 1.807) is 6.20 Å². The molecule has 1 aliphatic rings. The van der Waals surface area contributed by atoms with Crippen molar-refractivity contribution < 1.29 is 0 Å². The van der Waals surface area contributed by atoms with Crippen LogP contribution in [-0.2, 0) is 0 Å². The third-order valence-corrected chi connectivity index (χ3v) is 5.17. The molecule has 2 aromatic rings. The number of rotatable bonds is 2. The predicted molar refractivity (Wildman–Crippen MR) is 86.3 cm³/mol. The second kappa shape index (κ2) is 5.74. The summed E-state index contributed by atoms with van der Waals surface area (Å²) in [6.45, 7) is 2.05. The van der Waals surface area contributed by atoms with Crippen molar-refractivity contribution in [2.45, 2.75) is 38.5 Å². The highest BCUT2D eigenvalue weighted by atomic mass is 79.9. The fraction of sp³-hybridized carbons (Fsp3) is 0.400. The number of halogens is 1. The third kappa shape index (κ3) is 2.69. The van der Waals surface area contributed by atoms with E-state index in [0.717, 1.165) is 16.0 Å². The fourth-order valence-corrected chi connectivity index (χ4v) is 3.47. The molecule has 20 heavy (non-hydrogen) atoms. The van der Waals surface area contributed by atoms with Gasteiger partial charge < -0.3 is 4.98 Å². The molecule has 0 unspecified atom stereocenters. The monoisotopic (exact) mass is 349 g/mol. The molecule has 0 atom stereocenters. The van der Waals surface area contributed by atoms with Crippen LogP contribution in [0.25, 0.3) is 11.5 Å². The van der Waals surface area contributed by atoms with Gasteiger partial charge in [0, 0.05) is 17.8 Å². The van der Waals surface area contributed by atoms with Gasteiger partial charge in [-0.15, -0.1) is 0 Å². The van der Waals surface area contributed by atoms with E-state index in [4.69, 9.17) is 12.2 Å². The largest absolute Gasteiger partial charge is 0.341 e. The van der Waals surface area contributed by atoms with Crippen LogP contribution >= 0.6 is 28.1 Å². The first kappa shape index (κ1) is 13.9. The van der Waals surface area contributed by atoms with E-state index in [0.29, 0.717) is 10.6 Å². The van der Waals surface area contributed by atoms with E-state index in [-0.39, 0.29) is 0 Å². The Morgan fingerprint density at radius 3 is 2.80 bits per heavy atom. The van der Waals surface area contributed by atoms with Crippen LogP contribution in [0, 0.1) is 11.6 Å². The topological polar surface area (TPSA) is 41.6 Å². The van der Waals surface area contributed by atoms with Crippen molar-refractivity contribution in [3.05, 3.63) is 38.7 Å². The van der Waals surface area contributed by atoms with Gasteiger partial charge in [0.1, 0.15) is 10.3 Å². The SMILES string of the molecule is Cc1ccnc(-c2nc(=S)c(Br)c(C3CCCC3)[nH]2)c1. The molecule has 1 aliphatic carbocycles. The van der Waals surface area contributed by atoms with Gasteiger partial charge in [-0.05, 0) is 53.4 Å². The first-order chi connectivity index (χ1) is 9.65. The standard InChI is InChI=1S/C15H16BrN3S/c1-9-6-7-17-11(8-9)14-18-13(10-4-2-3-5-10)12(16)15(20)19-14/h6-8,10H,2-5H2,1H3,(H,18,19,20). The molecule has 0 amide bonds. The molecule has 1 fully saturated rings. The van der Waals surface area contributed by atoms with Crippen LogP contribution in [0.3, 0.4) is 0 Å². The maximum absolute atomic E-state index is 5.39. The molecule has 1 saturated carbocycles. The summed E-state index contributed by atoms with van der Waals surface area (Å²) >= 11 is 8.98. The number of hydrogen-bond donors (Lipinski definition) is 1. The molecule has 0 aromatic carbocycles. The Hall–Kier alpha value is -1.07. The number of hydrogen-bond acceptors (Lipinski definition) is 3.